The summed E-state index contributed by atoms with van der Waals surface area (Å²) in [6.45, 7) is 1.97. The van der Waals surface area contributed by atoms with Gasteiger partial charge in [-0.3, -0.25) is 4.79 Å². The Hall–Kier alpha value is -2.04. The lowest BCUT2D eigenvalue weighted by molar-refractivity contribution is -0.116. The number of nitrogens with zero attached hydrogens (tertiary/aromatic N) is 2. The molecule has 0 aliphatic heterocycles. The predicted molar refractivity (Wildman–Crippen MR) is 94.2 cm³/mol. The minimum absolute atomic E-state index is 0.0108. The van der Waals surface area contributed by atoms with Crippen molar-refractivity contribution in [2.75, 3.05) is 5.32 Å². The molecule has 0 radical (unpaired) electrons. The molecule has 2 heterocycles. The standard InChI is InChI=1S/C17H15Cl2N3O/c1-2-3-17(23)20-12-5-7-16-21-15(10-22(16)9-12)11-4-6-13(18)14(19)8-11/h4-10H,2-3H2,1H3,(H,20,23). The van der Waals surface area contributed by atoms with Crippen LogP contribution >= 0.6 is 23.2 Å². The number of rotatable bonds is 4. The highest BCUT2D eigenvalue weighted by atomic mass is 35.5. The van der Waals surface area contributed by atoms with Crippen molar-refractivity contribution in [2.45, 2.75) is 19.8 Å². The molecule has 23 heavy (non-hydrogen) atoms. The number of carbonyl (C=O) groups is 1. The molecular formula is C17H15Cl2N3O. The summed E-state index contributed by atoms with van der Waals surface area (Å²) >= 11 is 12.0. The Bertz CT molecular complexity index is 873. The Labute approximate surface area is 144 Å². The second kappa shape index (κ2) is 6.60. The Morgan fingerprint density at radius 3 is 2.74 bits per heavy atom. The number of pyridine rings is 1. The van der Waals surface area contributed by atoms with Crippen LogP contribution < -0.4 is 5.32 Å². The summed E-state index contributed by atoms with van der Waals surface area (Å²) in [6, 6.07) is 9.12. The van der Waals surface area contributed by atoms with Gasteiger partial charge in [0.2, 0.25) is 5.91 Å². The average molecular weight is 348 g/mol. The second-order valence-corrected chi connectivity index (χ2v) is 6.05. The molecule has 3 aromatic rings. The second-order valence-electron chi connectivity index (χ2n) is 5.24. The van der Waals surface area contributed by atoms with E-state index in [4.69, 9.17) is 23.2 Å². The third-order valence-corrected chi connectivity index (χ3v) is 4.17. The van der Waals surface area contributed by atoms with E-state index in [1.807, 2.05) is 41.9 Å². The molecular weight excluding hydrogens is 333 g/mol. The molecule has 2 aromatic heterocycles. The fourth-order valence-electron chi connectivity index (χ4n) is 2.31. The molecule has 1 aromatic carbocycles. The minimum Gasteiger partial charge on any atom is -0.325 e. The van der Waals surface area contributed by atoms with Gasteiger partial charge in [0.1, 0.15) is 5.65 Å². The van der Waals surface area contributed by atoms with Crippen molar-refractivity contribution in [1.29, 1.82) is 0 Å². The van der Waals surface area contributed by atoms with E-state index in [0.717, 1.165) is 29.0 Å². The first-order chi connectivity index (χ1) is 11.1. The summed E-state index contributed by atoms with van der Waals surface area (Å²) in [5.74, 6) is 0.0108. The van der Waals surface area contributed by atoms with Gasteiger partial charge < -0.3 is 9.72 Å². The third-order valence-electron chi connectivity index (χ3n) is 3.43. The fourth-order valence-corrected chi connectivity index (χ4v) is 2.61. The summed E-state index contributed by atoms with van der Waals surface area (Å²) in [7, 11) is 0. The number of hydrogen-bond donors (Lipinski definition) is 1. The lowest BCUT2D eigenvalue weighted by Gasteiger charge is -2.04. The largest absolute Gasteiger partial charge is 0.325 e. The topological polar surface area (TPSA) is 46.4 Å². The average Bonchev–Trinajstić information content (AvgIpc) is 2.93. The number of aromatic nitrogens is 2. The van der Waals surface area contributed by atoms with Crippen molar-refractivity contribution in [3.8, 4) is 11.3 Å². The highest BCUT2D eigenvalue weighted by molar-refractivity contribution is 6.42. The number of benzene rings is 1. The molecule has 0 saturated heterocycles. The summed E-state index contributed by atoms with van der Waals surface area (Å²) < 4.78 is 1.87. The van der Waals surface area contributed by atoms with Gasteiger partial charge in [-0.05, 0) is 30.7 Å². The monoisotopic (exact) mass is 347 g/mol. The Morgan fingerprint density at radius 2 is 2.00 bits per heavy atom. The maximum absolute atomic E-state index is 11.7. The van der Waals surface area contributed by atoms with Crippen LogP contribution in [0.25, 0.3) is 16.9 Å². The smallest absolute Gasteiger partial charge is 0.224 e. The van der Waals surface area contributed by atoms with Crippen LogP contribution in [0.3, 0.4) is 0 Å². The third kappa shape index (κ3) is 3.49. The number of hydrogen-bond acceptors (Lipinski definition) is 2. The van der Waals surface area contributed by atoms with E-state index in [1.54, 1.807) is 12.1 Å². The van der Waals surface area contributed by atoms with Crippen LogP contribution in [0.5, 0.6) is 0 Å². The van der Waals surface area contributed by atoms with E-state index in [9.17, 15) is 4.79 Å². The van der Waals surface area contributed by atoms with Crippen molar-refractivity contribution in [3.63, 3.8) is 0 Å². The Kier molecular flexibility index (Phi) is 4.55. The molecule has 0 aliphatic rings. The van der Waals surface area contributed by atoms with Crippen LogP contribution in [0.2, 0.25) is 10.0 Å². The highest BCUT2D eigenvalue weighted by Crippen LogP contribution is 2.28. The number of nitrogens with one attached hydrogen (secondary N) is 1. The molecule has 0 bridgehead atoms. The SMILES string of the molecule is CCCC(=O)Nc1ccc2nc(-c3ccc(Cl)c(Cl)c3)cn2c1. The van der Waals surface area contributed by atoms with Crippen LogP contribution in [-0.2, 0) is 4.79 Å². The normalized spacial score (nSPS) is 10.9. The van der Waals surface area contributed by atoms with Gasteiger partial charge in [0.25, 0.3) is 0 Å². The number of halogens is 2. The maximum Gasteiger partial charge on any atom is 0.224 e. The van der Waals surface area contributed by atoms with Crippen molar-refractivity contribution in [3.05, 3.63) is 52.8 Å². The van der Waals surface area contributed by atoms with E-state index in [1.165, 1.54) is 0 Å². The molecule has 3 rings (SSSR count). The molecule has 0 spiro atoms. The predicted octanol–water partition coefficient (Wildman–Crippen LogP) is 5.05. The van der Waals surface area contributed by atoms with Crippen LogP contribution in [0.1, 0.15) is 19.8 Å². The first-order valence-corrected chi connectivity index (χ1v) is 8.06. The number of amides is 1. The van der Waals surface area contributed by atoms with Crippen LogP contribution in [0, 0.1) is 0 Å². The zero-order valence-electron chi connectivity index (χ0n) is 12.5. The van der Waals surface area contributed by atoms with Crippen LogP contribution in [0.4, 0.5) is 5.69 Å². The lowest BCUT2D eigenvalue weighted by atomic mass is 10.2. The molecule has 1 N–H and O–H groups in total. The van der Waals surface area contributed by atoms with Gasteiger partial charge in [0.15, 0.2) is 0 Å². The first-order valence-electron chi connectivity index (χ1n) is 7.31. The molecule has 1 amide bonds. The van der Waals surface area contributed by atoms with Gasteiger partial charge in [0, 0.05) is 24.4 Å². The van der Waals surface area contributed by atoms with E-state index < -0.39 is 0 Å². The Balaban J connectivity index is 1.92. The van der Waals surface area contributed by atoms with Crippen molar-refractivity contribution in [1.82, 2.24) is 9.38 Å². The fraction of sp³-hybridized carbons (Fsp3) is 0.176. The zero-order valence-corrected chi connectivity index (χ0v) is 14.0. The maximum atomic E-state index is 11.7. The molecule has 0 aliphatic carbocycles. The summed E-state index contributed by atoms with van der Waals surface area (Å²) in [4.78, 5) is 16.2. The lowest BCUT2D eigenvalue weighted by Crippen LogP contribution is -2.10. The molecule has 0 unspecified atom stereocenters. The number of imidazole rings is 1. The molecule has 0 fully saturated rings. The van der Waals surface area contributed by atoms with Gasteiger partial charge in [0.05, 0.1) is 21.4 Å². The highest BCUT2D eigenvalue weighted by Gasteiger charge is 2.08. The quantitative estimate of drug-likeness (QED) is 0.717. The number of fused-ring (bicyclic) bond motifs is 1. The molecule has 118 valence electrons. The molecule has 6 heteroatoms. The minimum atomic E-state index is 0.0108. The van der Waals surface area contributed by atoms with E-state index >= 15 is 0 Å². The summed E-state index contributed by atoms with van der Waals surface area (Å²) in [5.41, 5.74) is 3.22. The van der Waals surface area contributed by atoms with Gasteiger partial charge in [-0.1, -0.05) is 36.2 Å². The van der Waals surface area contributed by atoms with E-state index in [2.05, 4.69) is 10.3 Å². The molecule has 4 nitrogen and oxygen atoms in total. The van der Waals surface area contributed by atoms with Crippen LogP contribution in [-0.4, -0.2) is 15.3 Å². The summed E-state index contributed by atoms with van der Waals surface area (Å²) in [6.07, 6.45) is 5.07. The van der Waals surface area contributed by atoms with Gasteiger partial charge >= 0.3 is 0 Å². The van der Waals surface area contributed by atoms with E-state index in [0.29, 0.717) is 16.5 Å². The first kappa shape index (κ1) is 15.8. The molecule has 0 saturated carbocycles. The number of carbonyl (C=O) groups excluding carboxylic acids is 1. The Morgan fingerprint density at radius 1 is 1.17 bits per heavy atom. The van der Waals surface area contributed by atoms with Crippen molar-refractivity contribution < 1.29 is 4.79 Å². The van der Waals surface area contributed by atoms with Crippen molar-refractivity contribution in [2.24, 2.45) is 0 Å². The van der Waals surface area contributed by atoms with E-state index in [-0.39, 0.29) is 5.91 Å². The summed E-state index contributed by atoms with van der Waals surface area (Å²) in [5, 5.41) is 3.88. The van der Waals surface area contributed by atoms with Crippen LogP contribution in [0.15, 0.2) is 42.7 Å². The van der Waals surface area contributed by atoms with Gasteiger partial charge in [-0.15, -0.1) is 0 Å². The van der Waals surface area contributed by atoms with Gasteiger partial charge in [-0.2, -0.15) is 0 Å². The van der Waals surface area contributed by atoms with Crippen molar-refractivity contribution >= 4 is 40.4 Å². The number of anilines is 1. The molecule has 0 atom stereocenters. The zero-order chi connectivity index (χ0) is 16.4. The van der Waals surface area contributed by atoms with Gasteiger partial charge in [-0.25, -0.2) is 4.98 Å².